The molecule has 4 heteroatoms. The van der Waals surface area contributed by atoms with Crippen molar-refractivity contribution in [1.82, 2.24) is 0 Å². The van der Waals surface area contributed by atoms with Gasteiger partial charge in [0.05, 0.1) is 12.2 Å². The Labute approximate surface area is 129 Å². The quantitative estimate of drug-likeness (QED) is 0.641. The van der Waals surface area contributed by atoms with Crippen molar-refractivity contribution in [1.29, 1.82) is 0 Å². The van der Waals surface area contributed by atoms with Gasteiger partial charge in [-0.25, -0.2) is 4.79 Å². The molecule has 0 unspecified atom stereocenters. The number of hydrogen-bond acceptors (Lipinski definition) is 4. The zero-order valence-electron chi connectivity index (χ0n) is 12.3. The average molecular weight is 301 g/mol. The van der Waals surface area contributed by atoms with E-state index in [-0.39, 0.29) is 5.97 Å². The van der Waals surface area contributed by atoms with Crippen LogP contribution >= 0.6 is 11.8 Å². The van der Waals surface area contributed by atoms with Crippen LogP contribution in [0.15, 0.2) is 53.4 Å². The van der Waals surface area contributed by atoms with E-state index in [1.807, 2.05) is 18.2 Å². The molecule has 0 fully saturated rings. The number of ether oxygens (including phenoxy) is 1. The molecule has 0 saturated heterocycles. The number of rotatable bonds is 6. The highest BCUT2D eigenvalue weighted by atomic mass is 32.2. The number of anilines is 1. The minimum atomic E-state index is -0.293. The van der Waals surface area contributed by atoms with Gasteiger partial charge in [-0.3, -0.25) is 0 Å². The lowest BCUT2D eigenvalue weighted by atomic mass is 10.1. The Morgan fingerprint density at radius 3 is 2.52 bits per heavy atom. The summed E-state index contributed by atoms with van der Waals surface area (Å²) in [6, 6.07) is 15.8. The molecule has 110 valence electrons. The van der Waals surface area contributed by atoms with Gasteiger partial charge < -0.3 is 10.1 Å². The highest BCUT2D eigenvalue weighted by Crippen LogP contribution is 2.19. The number of nitrogens with one attached hydrogen (secondary N) is 1. The fourth-order valence-electron chi connectivity index (χ4n) is 1.96. The molecule has 0 aliphatic heterocycles. The van der Waals surface area contributed by atoms with Crippen molar-refractivity contribution in [3.63, 3.8) is 0 Å². The van der Waals surface area contributed by atoms with Gasteiger partial charge in [0.2, 0.25) is 0 Å². The summed E-state index contributed by atoms with van der Waals surface area (Å²) in [5, 5.41) is 3.30. The first-order valence-electron chi connectivity index (χ1n) is 6.87. The summed E-state index contributed by atoms with van der Waals surface area (Å²) < 4.78 is 5.07. The van der Waals surface area contributed by atoms with Gasteiger partial charge in [-0.2, -0.15) is 0 Å². The molecule has 0 aromatic heterocycles. The highest BCUT2D eigenvalue weighted by molar-refractivity contribution is 7.98. The van der Waals surface area contributed by atoms with E-state index in [0.717, 1.165) is 5.69 Å². The van der Waals surface area contributed by atoms with E-state index < -0.39 is 0 Å². The number of thioether (sulfide) groups is 1. The van der Waals surface area contributed by atoms with E-state index in [9.17, 15) is 4.79 Å². The van der Waals surface area contributed by atoms with Gasteiger partial charge >= 0.3 is 5.97 Å². The largest absolute Gasteiger partial charge is 0.462 e. The first-order valence-corrected chi connectivity index (χ1v) is 8.10. The second kappa shape index (κ2) is 7.74. The Morgan fingerprint density at radius 2 is 1.86 bits per heavy atom. The molecule has 0 atom stereocenters. The Bertz CT molecular complexity index is 596. The Morgan fingerprint density at radius 1 is 1.14 bits per heavy atom. The Kier molecular flexibility index (Phi) is 5.69. The van der Waals surface area contributed by atoms with E-state index in [0.29, 0.717) is 18.7 Å². The predicted molar refractivity (Wildman–Crippen MR) is 87.9 cm³/mol. The summed E-state index contributed by atoms with van der Waals surface area (Å²) in [5.41, 5.74) is 2.54. The van der Waals surface area contributed by atoms with Crippen molar-refractivity contribution in [2.45, 2.75) is 18.4 Å². The van der Waals surface area contributed by atoms with Crippen LogP contribution in [0.4, 0.5) is 5.69 Å². The van der Waals surface area contributed by atoms with Gasteiger partial charge in [0.15, 0.2) is 0 Å². The van der Waals surface area contributed by atoms with E-state index in [1.165, 1.54) is 10.5 Å². The second-order valence-electron chi connectivity index (χ2n) is 4.47. The average Bonchev–Trinajstić information content (AvgIpc) is 2.54. The van der Waals surface area contributed by atoms with E-state index >= 15 is 0 Å². The zero-order chi connectivity index (χ0) is 15.1. The minimum absolute atomic E-state index is 0.293. The van der Waals surface area contributed by atoms with Crippen LogP contribution in [0.2, 0.25) is 0 Å². The smallest absolute Gasteiger partial charge is 0.340 e. The fraction of sp³-hybridized carbons (Fsp3) is 0.235. The van der Waals surface area contributed by atoms with Crippen molar-refractivity contribution in [2.75, 3.05) is 18.2 Å². The summed E-state index contributed by atoms with van der Waals surface area (Å²) >= 11 is 1.72. The summed E-state index contributed by atoms with van der Waals surface area (Å²) in [5.74, 6) is -0.293. The number of para-hydroxylation sites is 1. The molecule has 1 N–H and O–H groups in total. The van der Waals surface area contributed by atoms with Gasteiger partial charge in [0.1, 0.15) is 0 Å². The van der Waals surface area contributed by atoms with Gasteiger partial charge in [-0.05, 0) is 43.0 Å². The van der Waals surface area contributed by atoms with Crippen molar-refractivity contribution in [3.8, 4) is 0 Å². The van der Waals surface area contributed by atoms with Crippen LogP contribution in [-0.4, -0.2) is 18.8 Å². The lowest BCUT2D eigenvalue weighted by Gasteiger charge is -2.11. The second-order valence-corrected chi connectivity index (χ2v) is 5.35. The topological polar surface area (TPSA) is 38.3 Å². The third kappa shape index (κ3) is 4.26. The van der Waals surface area contributed by atoms with Crippen LogP contribution in [0.3, 0.4) is 0 Å². The van der Waals surface area contributed by atoms with Gasteiger partial charge in [0, 0.05) is 17.1 Å². The van der Waals surface area contributed by atoms with E-state index in [4.69, 9.17) is 4.74 Å². The van der Waals surface area contributed by atoms with Crippen LogP contribution < -0.4 is 5.32 Å². The van der Waals surface area contributed by atoms with Crippen LogP contribution in [0.1, 0.15) is 22.8 Å². The molecule has 3 nitrogen and oxygen atoms in total. The third-order valence-corrected chi connectivity index (χ3v) is 3.81. The van der Waals surface area contributed by atoms with Crippen molar-refractivity contribution in [2.24, 2.45) is 0 Å². The Balaban J connectivity index is 2.07. The number of carbonyl (C=O) groups is 1. The summed E-state index contributed by atoms with van der Waals surface area (Å²) in [7, 11) is 0. The van der Waals surface area contributed by atoms with Crippen LogP contribution in [0.5, 0.6) is 0 Å². The molecule has 0 bridgehead atoms. The fourth-order valence-corrected chi connectivity index (χ4v) is 2.37. The first kappa shape index (κ1) is 15.4. The molecule has 0 spiro atoms. The number of carbonyl (C=O) groups excluding carboxylic acids is 1. The van der Waals surface area contributed by atoms with E-state index in [1.54, 1.807) is 24.8 Å². The lowest BCUT2D eigenvalue weighted by Crippen LogP contribution is -2.09. The monoisotopic (exact) mass is 301 g/mol. The molecule has 21 heavy (non-hydrogen) atoms. The minimum Gasteiger partial charge on any atom is -0.462 e. The van der Waals surface area contributed by atoms with E-state index in [2.05, 4.69) is 35.8 Å². The summed E-state index contributed by atoms with van der Waals surface area (Å²) in [4.78, 5) is 13.1. The highest BCUT2D eigenvalue weighted by Gasteiger charge is 2.11. The number of hydrogen-bond donors (Lipinski definition) is 1. The zero-order valence-corrected chi connectivity index (χ0v) is 13.1. The van der Waals surface area contributed by atoms with Crippen molar-refractivity contribution in [3.05, 3.63) is 59.7 Å². The molecule has 2 aromatic carbocycles. The molecule has 2 rings (SSSR count). The van der Waals surface area contributed by atoms with Crippen LogP contribution in [0, 0.1) is 0 Å². The molecule has 0 saturated carbocycles. The predicted octanol–water partition coefficient (Wildman–Crippen LogP) is 4.20. The molecule has 0 radical (unpaired) electrons. The Hall–Kier alpha value is -1.94. The maximum atomic E-state index is 11.9. The van der Waals surface area contributed by atoms with Gasteiger partial charge in [0.25, 0.3) is 0 Å². The van der Waals surface area contributed by atoms with Crippen molar-refractivity contribution < 1.29 is 9.53 Å². The molecular formula is C17H19NO2S. The molecule has 0 amide bonds. The molecule has 0 heterocycles. The molecule has 0 aliphatic rings. The molecular weight excluding hydrogens is 282 g/mol. The SMILES string of the molecule is CCOC(=O)c1ccccc1NCc1ccc(SC)cc1. The standard InChI is InChI=1S/C17H19NO2S/c1-3-20-17(19)15-6-4-5-7-16(15)18-12-13-8-10-14(21-2)11-9-13/h4-11,18H,3,12H2,1-2H3. The third-order valence-electron chi connectivity index (χ3n) is 3.06. The van der Waals surface area contributed by atoms with Crippen LogP contribution in [-0.2, 0) is 11.3 Å². The van der Waals surface area contributed by atoms with Gasteiger partial charge in [-0.1, -0.05) is 24.3 Å². The van der Waals surface area contributed by atoms with Gasteiger partial charge in [-0.15, -0.1) is 11.8 Å². The molecule has 0 aliphatic carbocycles. The first-order chi connectivity index (χ1) is 10.2. The van der Waals surface area contributed by atoms with Crippen LogP contribution in [0.25, 0.3) is 0 Å². The maximum Gasteiger partial charge on any atom is 0.340 e. The number of esters is 1. The van der Waals surface area contributed by atoms with Crippen molar-refractivity contribution >= 4 is 23.4 Å². The number of benzene rings is 2. The lowest BCUT2D eigenvalue weighted by molar-refractivity contribution is 0.0527. The molecule has 2 aromatic rings. The maximum absolute atomic E-state index is 11.9. The normalized spacial score (nSPS) is 10.2. The summed E-state index contributed by atoms with van der Waals surface area (Å²) in [6.07, 6.45) is 2.06. The summed E-state index contributed by atoms with van der Waals surface area (Å²) in [6.45, 7) is 2.86.